The highest BCUT2D eigenvalue weighted by atomic mass is 32.1. The van der Waals surface area contributed by atoms with Gasteiger partial charge in [-0.05, 0) is 29.7 Å². The minimum Gasteiger partial charge on any atom is -0.497 e. The van der Waals surface area contributed by atoms with E-state index in [-0.39, 0.29) is 0 Å². The first-order chi connectivity index (χ1) is 12.3. The molecule has 0 saturated carbocycles. The molecule has 0 spiro atoms. The molecular formula is C18H19N3O3S. The van der Waals surface area contributed by atoms with E-state index in [1.54, 1.807) is 14.2 Å². The van der Waals surface area contributed by atoms with E-state index in [1.807, 2.05) is 24.4 Å². The highest BCUT2D eigenvalue weighted by Crippen LogP contribution is 2.36. The lowest BCUT2D eigenvalue weighted by Gasteiger charge is -2.26. The van der Waals surface area contributed by atoms with Crippen molar-refractivity contribution in [1.29, 1.82) is 0 Å². The Morgan fingerprint density at radius 1 is 1.12 bits per heavy atom. The third-order valence-electron chi connectivity index (χ3n) is 4.32. The fourth-order valence-electron chi connectivity index (χ4n) is 2.98. The summed E-state index contributed by atoms with van der Waals surface area (Å²) in [6.07, 6.45) is 1.88. The van der Waals surface area contributed by atoms with Crippen molar-refractivity contribution in [3.05, 3.63) is 30.5 Å². The van der Waals surface area contributed by atoms with E-state index < -0.39 is 0 Å². The minimum absolute atomic E-state index is 0.751. The van der Waals surface area contributed by atoms with Gasteiger partial charge in [0.25, 0.3) is 0 Å². The molecule has 1 fully saturated rings. The molecule has 1 aliphatic heterocycles. The Hall–Kier alpha value is -2.38. The largest absolute Gasteiger partial charge is 0.497 e. The molecule has 1 aliphatic rings. The summed E-state index contributed by atoms with van der Waals surface area (Å²) in [7, 11) is 3.30. The van der Waals surface area contributed by atoms with Crippen molar-refractivity contribution in [2.24, 2.45) is 0 Å². The number of methoxy groups -OCH3 is 2. The molecular weight excluding hydrogens is 338 g/mol. The molecule has 0 unspecified atom stereocenters. The van der Waals surface area contributed by atoms with E-state index >= 15 is 0 Å². The average molecular weight is 357 g/mol. The quantitative estimate of drug-likeness (QED) is 0.715. The van der Waals surface area contributed by atoms with E-state index in [2.05, 4.69) is 20.3 Å². The molecule has 2 aromatic heterocycles. The average Bonchev–Trinajstić information content (AvgIpc) is 3.11. The molecule has 0 N–H and O–H groups in total. The van der Waals surface area contributed by atoms with E-state index in [1.165, 1.54) is 11.5 Å². The molecule has 1 saturated heterocycles. The number of pyridine rings is 1. The highest BCUT2D eigenvalue weighted by Gasteiger charge is 2.18. The topological polar surface area (TPSA) is 56.7 Å². The Bertz CT molecular complexity index is 890. The summed E-state index contributed by atoms with van der Waals surface area (Å²) in [6.45, 7) is 3.26. The van der Waals surface area contributed by atoms with E-state index in [0.717, 1.165) is 65.0 Å². The van der Waals surface area contributed by atoms with Gasteiger partial charge in [-0.3, -0.25) is 4.98 Å². The van der Waals surface area contributed by atoms with Crippen LogP contribution in [0.25, 0.3) is 22.2 Å². The Balaban J connectivity index is 1.73. The molecule has 130 valence electrons. The SMILES string of the molecule is COc1ccc(-c2cnc3c(N4CCOCC4)snc3c2)c(OC)c1. The van der Waals surface area contributed by atoms with Crippen molar-refractivity contribution < 1.29 is 14.2 Å². The number of aromatic nitrogens is 2. The van der Waals surface area contributed by atoms with Crippen LogP contribution in [0.1, 0.15) is 0 Å². The normalized spacial score (nSPS) is 14.7. The van der Waals surface area contributed by atoms with E-state index in [9.17, 15) is 0 Å². The third-order valence-corrected chi connectivity index (χ3v) is 5.23. The standard InChI is InChI=1S/C18H19N3O3S/c1-22-13-3-4-14(16(10-13)23-2)12-9-15-17(19-11-12)18(25-20-15)21-5-7-24-8-6-21/h3-4,9-11H,5-8H2,1-2H3. The summed E-state index contributed by atoms with van der Waals surface area (Å²) >= 11 is 1.50. The van der Waals surface area contributed by atoms with Crippen molar-refractivity contribution in [3.63, 3.8) is 0 Å². The molecule has 0 radical (unpaired) electrons. The van der Waals surface area contributed by atoms with Gasteiger partial charge < -0.3 is 19.1 Å². The van der Waals surface area contributed by atoms with Gasteiger partial charge in [0.15, 0.2) is 0 Å². The highest BCUT2D eigenvalue weighted by molar-refractivity contribution is 7.11. The molecule has 7 heteroatoms. The second kappa shape index (κ2) is 6.85. The summed E-state index contributed by atoms with van der Waals surface area (Å²) in [5, 5.41) is 1.12. The summed E-state index contributed by atoms with van der Waals surface area (Å²) in [5.41, 5.74) is 3.80. The lowest BCUT2D eigenvalue weighted by Crippen LogP contribution is -2.35. The molecule has 1 aromatic carbocycles. The molecule has 0 aliphatic carbocycles. The minimum atomic E-state index is 0.751. The summed E-state index contributed by atoms with van der Waals surface area (Å²) in [5.74, 6) is 1.52. The summed E-state index contributed by atoms with van der Waals surface area (Å²) in [6, 6.07) is 7.84. The molecule has 0 bridgehead atoms. The van der Waals surface area contributed by atoms with Gasteiger partial charge in [-0.2, -0.15) is 4.37 Å². The smallest absolute Gasteiger partial charge is 0.138 e. The van der Waals surface area contributed by atoms with Gasteiger partial charge in [0.1, 0.15) is 27.5 Å². The van der Waals surface area contributed by atoms with E-state index in [0.29, 0.717) is 0 Å². The van der Waals surface area contributed by atoms with Gasteiger partial charge in [0.05, 0.1) is 27.4 Å². The molecule has 25 heavy (non-hydrogen) atoms. The Labute approximate surface area is 150 Å². The number of ether oxygens (including phenoxy) is 3. The second-order valence-electron chi connectivity index (χ2n) is 5.75. The van der Waals surface area contributed by atoms with Crippen molar-refractivity contribution in [1.82, 2.24) is 9.36 Å². The van der Waals surface area contributed by atoms with Crippen LogP contribution in [0.3, 0.4) is 0 Å². The fraction of sp³-hybridized carbons (Fsp3) is 0.333. The number of hydrogen-bond acceptors (Lipinski definition) is 7. The number of nitrogens with zero attached hydrogens (tertiary/aromatic N) is 3. The summed E-state index contributed by atoms with van der Waals surface area (Å²) < 4.78 is 20.8. The van der Waals surface area contributed by atoms with Crippen LogP contribution in [0.5, 0.6) is 11.5 Å². The van der Waals surface area contributed by atoms with Gasteiger partial charge in [0, 0.05) is 36.5 Å². The number of morpholine rings is 1. The first-order valence-corrected chi connectivity index (χ1v) is 8.88. The lowest BCUT2D eigenvalue weighted by molar-refractivity contribution is 0.123. The molecule has 3 heterocycles. The number of benzene rings is 1. The van der Waals surface area contributed by atoms with Crippen LogP contribution in [-0.4, -0.2) is 49.9 Å². The maximum Gasteiger partial charge on any atom is 0.138 e. The number of rotatable bonds is 4. The first-order valence-electron chi connectivity index (χ1n) is 8.10. The predicted molar refractivity (Wildman–Crippen MR) is 99.0 cm³/mol. The van der Waals surface area contributed by atoms with Crippen LogP contribution in [0.4, 0.5) is 5.00 Å². The monoisotopic (exact) mass is 357 g/mol. The number of fused-ring (bicyclic) bond motifs is 1. The molecule has 0 amide bonds. The molecule has 6 nitrogen and oxygen atoms in total. The molecule has 4 rings (SSSR count). The van der Waals surface area contributed by atoms with Crippen molar-refractivity contribution in [3.8, 4) is 22.6 Å². The van der Waals surface area contributed by atoms with Gasteiger partial charge in [-0.1, -0.05) is 0 Å². The van der Waals surface area contributed by atoms with Gasteiger partial charge in [0.2, 0.25) is 0 Å². The Kier molecular flexibility index (Phi) is 4.42. The third kappa shape index (κ3) is 3.01. The number of hydrogen-bond donors (Lipinski definition) is 0. The lowest BCUT2D eigenvalue weighted by atomic mass is 10.1. The van der Waals surface area contributed by atoms with Crippen LogP contribution in [-0.2, 0) is 4.74 Å². The van der Waals surface area contributed by atoms with Crippen LogP contribution in [0.15, 0.2) is 30.5 Å². The van der Waals surface area contributed by atoms with Gasteiger partial charge in [-0.25, -0.2) is 0 Å². The predicted octanol–water partition coefficient (Wildman–Crippen LogP) is 3.21. The Morgan fingerprint density at radius 3 is 2.72 bits per heavy atom. The van der Waals surface area contributed by atoms with Crippen molar-refractivity contribution >= 4 is 27.6 Å². The zero-order chi connectivity index (χ0) is 17.2. The maximum absolute atomic E-state index is 5.51. The maximum atomic E-state index is 5.51. The molecule has 3 aromatic rings. The zero-order valence-electron chi connectivity index (χ0n) is 14.2. The number of anilines is 1. The van der Waals surface area contributed by atoms with Crippen LogP contribution in [0.2, 0.25) is 0 Å². The fourth-order valence-corrected chi connectivity index (χ4v) is 3.85. The van der Waals surface area contributed by atoms with Crippen LogP contribution in [0, 0.1) is 0 Å². The van der Waals surface area contributed by atoms with Crippen molar-refractivity contribution in [2.75, 3.05) is 45.4 Å². The van der Waals surface area contributed by atoms with Gasteiger partial charge >= 0.3 is 0 Å². The second-order valence-corrected chi connectivity index (χ2v) is 6.50. The van der Waals surface area contributed by atoms with Crippen LogP contribution < -0.4 is 14.4 Å². The summed E-state index contributed by atoms with van der Waals surface area (Å²) in [4.78, 5) is 6.99. The Morgan fingerprint density at radius 2 is 1.96 bits per heavy atom. The zero-order valence-corrected chi connectivity index (χ0v) is 15.0. The van der Waals surface area contributed by atoms with Crippen LogP contribution >= 0.6 is 11.5 Å². The van der Waals surface area contributed by atoms with Gasteiger partial charge in [-0.15, -0.1) is 0 Å². The first kappa shape index (κ1) is 16.1. The van der Waals surface area contributed by atoms with E-state index in [4.69, 9.17) is 14.2 Å². The molecule has 0 atom stereocenters. The van der Waals surface area contributed by atoms with Crippen molar-refractivity contribution in [2.45, 2.75) is 0 Å².